The number of nitro groups is 2. The Morgan fingerprint density at radius 3 is 1.50 bits per heavy atom. The van der Waals surface area contributed by atoms with Gasteiger partial charge in [0.15, 0.2) is 0 Å². The van der Waals surface area contributed by atoms with E-state index in [4.69, 9.17) is 9.47 Å². The van der Waals surface area contributed by atoms with Crippen LogP contribution >= 0.6 is 0 Å². The number of rotatable bonds is 6. The molecule has 98 valence electrons. The molecule has 1 rings (SSSR count). The summed E-state index contributed by atoms with van der Waals surface area (Å²) >= 11 is 0. The number of nitrogens with zero attached hydrogens (tertiary/aromatic N) is 2. The first kappa shape index (κ1) is 13.7. The summed E-state index contributed by atoms with van der Waals surface area (Å²) in [6.07, 6.45) is 0. The second-order valence-electron chi connectivity index (χ2n) is 3.14. The fourth-order valence-electron chi connectivity index (χ4n) is 1.44. The Bertz CT molecular complexity index is 431. The first-order chi connectivity index (χ1) is 8.52. The van der Waals surface area contributed by atoms with Crippen LogP contribution in [0.25, 0.3) is 0 Å². The quantitative estimate of drug-likeness (QED) is 0.571. The van der Waals surface area contributed by atoms with E-state index in [1.807, 2.05) is 0 Å². The van der Waals surface area contributed by atoms with Crippen molar-refractivity contribution in [2.75, 3.05) is 13.2 Å². The Morgan fingerprint density at radius 2 is 1.28 bits per heavy atom. The predicted molar refractivity (Wildman–Crippen MR) is 62.1 cm³/mol. The van der Waals surface area contributed by atoms with Crippen molar-refractivity contribution in [3.05, 3.63) is 32.4 Å². The minimum absolute atomic E-state index is 0.141. The highest BCUT2D eigenvalue weighted by atomic mass is 16.6. The van der Waals surface area contributed by atoms with Crippen LogP contribution in [0.4, 0.5) is 11.4 Å². The zero-order chi connectivity index (χ0) is 13.7. The minimum atomic E-state index is -0.842. The Balaban J connectivity index is 3.49. The molecular weight excluding hydrogens is 244 g/mol. The number of hydrogen-bond acceptors (Lipinski definition) is 6. The summed E-state index contributed by atoms with van der Waals surface area (Å²) in [5.74, 6) is -0.282. The molecule has 0 N–H and O–H groups in total. The van der Waals surface area contributed by atoms with Crippen molar-refractivity contribution in [3.8, 4) is 11.5 Å². The van der Waals surface area contributed by atoms with Gasteiger partial charge in [-0.25, -0.2) is 0 Å². The molecule has 0 aromatic heterocycles. The van der Waals surface area contributed by atoms with Crippen LogP contribution in [0.15, 0.2) is 12.1 Å². The molecule has 0 aliphatic rings. The molecule has 0 fully saturated rings. The van der Waals surface area contributed by atoms with Crippen molar-refractivity contribution in [1.82, 2.24) is 0 Å². The average Bonchev–Trinajstić information content (AvgIpc) is 2.30. The van der Waals surface area contributed by atoms with E-state index < -0.39 is 21.2 Å². The van der Waals surface area contributed by atoms with Gasteiger partial charge in [-0.1, -0.05) is 0 Å². The molecule has 18 heavy (non-hydrogen) atoms. The fraction of sp³-hybridized carbons (Fsp3) is 0.400. The van der Waals surface area contributed by atoms with Gasteiger partial charge >= 0.3 is 11.4 Å². The molecule has 0 aliphatic carbocycles. The average molecular weight is 256 g/mol. The summed E-state index contributed by atoms with van der Waals surface area (Å²) in [5.41, 5.74) is -1.37. The molecule has 8 heteroatoms. The van der Waals surface area contributed by atoms with Gasteiger partial charge in [-0.3, -0.25) is 20.2 Å². The molecule has 0 unspecified atom stereocenters. The topological polar surface area (TPSA) is 105 Å². The number of benzene rings is 1. The molecule has 1 aromatic rings. The monoisotopic (exact) mass is 256 g/mol. The first-order valence-electron chi connectivity index (χ1n) is 5.24. The summed E-state index contributed by atoms with van der Waals surface area (Å²) in [5, 5.41) is 21.9. The molecule has 0 aliphatic heterocycles. The predicted octanol–water partition coefficient (Wildman–Crippen LogP) is 2.30. The van der Waals surface area contributed by atoms with Crippen molar-refractivity contribution in [3.63, 3.8) is 0 Å². The van der Waals surface area contributed by atoms with Gasteiger partial charge in [0.2, 0.25) is 11.5 Å². The minimum Gasteiger partial charge on any atom is -0.487 e. The lowest BCUT2D eigenvalue weighted by atomic mass is 10.2. The molecule has 0 saturated heterocycles. The van der Waals surface area contributed by atoms with E-state index in [0.29, 0.717) is 0 Å². The molecule has 1 aromatic carbocycles. The van der Waals surface area contributed by atoms with Gasteiger partial charge in [0, 0.05) is 0 Å². The zero-order valence-electron chi connectivity index (χ0n) is 9.91. The number of nitro benzene ring substituents is 2. The molecule has 0 spiro atoms. The summed E-state index contributed by atoms with van der Waals surface area (Å²) < 4.78 is 10.0. The molecule has 0 amide bonds. The van der Waals surface area contributed by atoms with Crippen molar-refractivity contribution in [2.24, 2.45) is 0 Å². The second-order valence-corrected chi connectivity index (χ2v) is 3.14. The third-order valence-corrected chi connectivity index (χ3v) is 2.04. The fourth-order valence-corrected chi connectivity index (χ4v) is 1.44. The van der Waals surface area contributed by atoms with Gasteiger partial charge in [-0.05, 0) is 26.0 Å². The highest BCUT2D eigenvalue weighted by molar-refractivity contribution is 5.68. The maximum Gasteiger partial charge on any atom is 0.391 e. The van der Waals surface area contributed by atoms with Crippen LogP contribution in [0, 0.1) is 20.2 Å². The van der Waals surface area contributed by atoms with Crippen molar-refractivity contribution in [2.45, 2.75) is 13.8 Å². The van der Waals surface area contributed by atoms with E-state index in [-0.39, 0.29) is 24.7 Å². The molecular formula is C10H12N2O6. The maximum absolute atomic E-state index is 10.9. The van der Waals surface area contributed by atoms with E-state index in [1.165, 1.54) is 12.1 Å². The van der Waals surface area contributed by atoms with E-state index >= 15 is 0 Å². The van der Waals surface area contributed by atoms with E-state index in [1.54, 1.807) is 13.8 Å². The lowest BCUT2D eigenvalue weighted by Gasteiger charge is -2.08. The normalized spacial score (nSPS) is 9.89. The van der Waals surface area contributed by atoms with E-state index in [2.05, 4.69) is 0 Å². The van der Waals surface area contributed by atoms with E-state index in [9.17, 15) is 20.2 Å². The highest BCUT2D eigenvalue weighted by Crippen LogP contribution is 2.43. The van der Waals surface area contributed by atoms with Crippen LogP contribution in [0.5, 0.6) is 11.5 Å². The standard InChI is InChI=1S/C10H12N2O6/c1-3-17-7-5-6-8(18-4-2)10(12(15)16)9(7)11(13)14/h5-6H,3-4H2,1-2H3. The molecule has 8 nitrogen and oxygen atoms in total. The zero-order valence-corrected chi connectivity index (χ0v) is 9.91. The van der Waals surface area contributed by atoms with Crippen LogP contribution in [0.2, 0.25) is 0 Å². The van der Waals surface area contributed by atoms with Crippen LogP contribution in [-0.4, -0.2) is 23.1 Å². The summed E-state index contributed by atoms with van der Waals surface area (Å²) in [7, 11) is 0. The highest BCUT2D eigenvalue weighted by Gasteiger charge is 2.34. The lowest BCUT2D eigenvalue weighted by Crippen LogP contribution is -2.04. The van der Waals surface area contributed by atoms with Crippen molar-refractivity contribution in [1.29, 1.82) is 0 Å². The van der Waals surface area contributed by atoms with Gasteiger partial charge in [0.05, 0.1) is 23.1 Å². The SMILES string of the molecule is CCOc1ccc(OCC)c([N+](=O)[O-])c1[N+](=O)[O-]. The molecule has 0 heterocycles. The number of ether oxygens (including phenoxy) is 2. The molecule has 0 atom stereocenters. The van der Waals surface area contributed by atoms with Crippen LogP contribution in [0.3, 0.4) is 0 Å². The van der Waals surface area contributed by atoms with Crippen LogP contribution < -0.4 is 9.47 Å². The molecule has 0 bridgehead atoms. The Morgan fingerprint density at radius 1 is 0.944 bits per heavy atom. The van der Waals surface area contributed by atoms with Gasteiger partial charge in [-0.2, -0.15) is 0 Å². The Kier molecular flexibility index (Phi) is 4.41. The van der Waals surface area contributed by atoms with Crippen molar-refractivity contribution >= 4 is 11.4 Å². The summed E-state index contributed by atoms with van der Waals surface area (Å²) in [4.78, 5) is 20.2. The number of hydrogen-bond donors (Lipinski definition) is 0. The van der Waals surface area contributed by atoms with Crippen LogP contribution in [0.1, 0.15) is 13.8 Å². The van der Waals surface area contributed by atoms with Crippen molar-refractivity contribution < 1.29 is 19.3 Å². The smallest absolute Gasteiger partial charge is 0.391 e. The third-order valence-electron chi connectivity index (χ3n) is 2.04. The largest absolute Gasteiger partial charge is 0.487 e. The molecule has 0 saturated carbocycles. The van der Waals surface area contributed by atoms with Gasteiger partial charge in [0.25, 0.3) is 0 Å². The Hall–Kier alpha value is -2.38. The summed E-state index contributed by atoms with van der Waals surface area (Å²) in [6, 6.07) is 2.58. The van der Waals surface area contributed by atoms with Crippen LogP contribution in [-0.2, 0) is 0 Å². The second kappa shape index (κ2) is 5.80. The van der Waals surface area contributed by atoms with E-state index in [0.717, 1.165) is 0 Å². The Labute approximate surface area is 102 Å². The summed E-state index contributed by atoms with van der Waals surface area (Å²) in [6.45, 7) is 3.61. The van der Waals surface area contributed by atoms with Gasteiger partial charge < -0.3 is 9.47 Å². The van der Waals surface area contributed by atoms with Gasteiger partial charge in [0.1, 0.15) is 0 Å². The maximum atomic E-state index is 10.9. The lowest BCUT2D eigenvalue weighted by molar-refractivity contribution is -0.423. The third kappa shape index (κ3) is 2.65. The molecule has 0 radical (unpaired) electrons. The van der Waals surface area contributed by atoms with Gasteiger partial charge in [-0.15, -0.1) is 0 Å². The first-order valence-corrected chi connectivity index (χ1v) is 5.24.